The molecule has 204 valence electrons. The molecule has 9 N–H and O–H groups in total. The number of primary amides is 1. The van der Waals surface area contributed by atoms with Crippen molar-refractivity contribution in [2.45, 2.75) is 56.3 Å². The van der Waals surface area contributed by atoms with Crippen molar-refractivity contribution < 1.29 is 34.2 Å². The van der Waals surface area contributed by atoms with Gasteiger partial charge in [0.05, 0.1) is 18.8 Å². The van der Waals surface area contributed by atoms with E-state index in [4.69, 9.17) is 11.5 Å². The zero-order valence-electron chi connectivity index (χ0n) is 20.5. The number of likely N-dealkylation sites (tertiary alicyclic amines) is 1. The summed E-state index contributed by atoms with van der Waals surface area (Å²) < 4.78 is 0. The number of aliphatic carboxylic acids is 1. The number of carboxylic acids is 1. The van der Waals surface area contributed by atoms with E-state index < -0.39 is 53.8 Å². The number of rotatable bonds is 12. The van der Waals surface area contributed by atoms with Crippen molar-refractivity contribution in [3.63, 3.8) is 0 Å². The van der Waals surface area contributed by atoms with E-state index in [2.05, 4.69) is 20.6 Å². The molecule has 2 aromatic rings. The Hall–Kier alpha value is -4.46. The number of imidazole rings is 1. The molecule has 4 atom stereocenters. The maximum atomic E-state index is 13.2. The van der Waals surface area contributed by atoms with Gasteiger partial charge in [0.15, 0.2) is 0 Å². The Morgan fingerprint density at radius 2 is 1.82 bits per heavy atom. The molecule has 2 heterocycles. The van der Waals surface area contributed by atoms with Crippen molar-refractivity contribution >= 4 is 29.6 Å². The van der Waals surface area contributed by atoms with Gasteiger partial charge in [0.25, 0.3) is 0 Å². The van der Waals surface area contributed by atoms with Crippen molar-refractivity contribution in [1.82, 2.24) is 25.5 Å². The number of nitrogens with one attached hydrogen (secondary N) is 3. The lowest BCUT2D eigenvalue weighted by Gasteiger charge is -2.28. The molecule has 1 aromatic heterocycles. The number of nitrogens with zero attached hydrogens (tertiary/aromatic N) is 2. The third-order valence-corrected chi connectivity index (χ3v) is 6.18. The fourth-order valence-electron chi connectivity index (χ4n) is 4.25. The van der Waals surface area contributed by atoms with Crippen LogP contribution in [0.4, 0.5) is 0 Å². The van der Waals surface area contributed by atoms with Gasteiger partial charge in [-0.1, -0.05) is 12.1 Å². The van der Waals surface area contributed by atoms with Gasteiger partial charge in [0, 0.05) is 31.3 Å². The molecule has 0 radical (unpaired) electrons. The zero-order chi connectivity index (χ0) is 27.8. The van der Waals surface area contributed by atoms with Crippen LogP contribution in [0.2, 0.25) is 0 Å². The van der Waals surface area contributed by atoms with Crippen LogP contribution in [0.15, 0.2) is 36.8 Å². The monoisotopic (exact) mass is 529 g/mol. The van der Waals surface area contributed by atoms with Crippen molar-refractivity contribution in [2.75, 3.05) is 6.54 Å². The number of carbonyl (C=O) groups is 5. The van der Waals surface area contributed by atoms with Crippen molar-refractivity contribution in [3.8, 4) is 5.75 Å². The molecule has 0 bridgehead atoms. The van der Waals surface area contributed by atoms with Gasteiger partial charge in [-0.05, 0) is 30.5 Å². The summed E-state index contributed by atoms with van der Waals surface area (Å²) in [7, 11) is 0. The van der Waals surface area contributed by atoms with Crippen LogP contribution >= 0.6 is 0 Å². The van der Waals surface area contributed by atoms with E-state index in [0.29, 0.717) is 24.1 Å². The molecule has 0 saturated carbocycles. The number of carbonyl (C=O) groups excluding carboxylic acids is 4. The van der Waals surface area contributed by atoms with Gasteiger partial charge in [0.2, 0.25) is 23.6 Å². The Morgan fingerprint density at radius 3 is 2.42 bits per heavy atom. The average Bonchev–Trinajstić information content (AvgIpc) is 3.55. The summed E-state index contributed by atoms with van der Waals surface area (Å²) in [6.07, 6.45) is 3.24. The van der Waals surface area contributed by atoms with Gasteiger partial charge < -0.3 is 42.2 Å². The SMILES string of the molecule is NC(=O)CC(N)C(=O)N1CCCC1C(=O)NC(Cc1cnc[nH]1)C(=O)NC(Cc1ccc(O)cc1)C(=O)O. The number of aromatic nitrogens is 2. The van der Waals surface area contributed by atoms with Gasteiger partial charge >= 0.3 is 5.97 Å². The Kier molecular flexibility index (Phi) is 9.38. The Balaban J connectivity index is 1.74. The second-order valence-electron chi connectivity index (χ2n) is 9.08. The zero-order valence-corrected chi connectivity index (χ0v) is 20.5. The van der Waals surface area contributed by atoms with E-state index in [1.807, 2.05) is 0 Å². The highest BCUT2D eigenvalue weighted by molar-refractivity contribution is 5.95. The summed E-state index contributed by atoms with van der Waals surface area (Å²) in [5.41, 5.74) is 12.0. The van der Waals surface area contributed by atoms with Crippen molar-refractivity contribution in [1.29, 1.82) is 0 Å². The van der Waals surface area contributed by atoms with Gasteiger partial charge in [-0.15, -0.1) is 0 Å². The lowest BCUT2D eigenvalue weighted by molar-refractivity contribution is -0.143. The standard InChI is InChI=1S/C24H31N7O7/c25-16(10-20(26)33)23(36)31-7-1-2-19(31)22(35)29-17(9-14-11-27-12-28-14)21(34)30-18(24(37)38)8-13-3-5-15(32)6-4-13/h3-6,11-12,16-19,32H,1-2,7-10,25H2,(H2,26,33)(H,27,28)(H,29,35)(H,30,34)(H,37,38). The molecule has 1 aromatic carbocycles. The van der Waals surface area contributed by atoms with E-state index in [-0.39, 0.29) is 31.6 Å². The lowest BCUT2D eigenvalue weighted by Crippen LogP contribution is -2.57. The van der Waals surface area contributed by atoms with Crippen LogP contribution in [0, 0.1) is 0 Å². The van der Waals surface area contributed by atoms with E-state index in [1.54, 1.807) is 0 Å². The summed E-state index contributed by atoms with van der Waals surface area (Å²) in [5.74, 6) is -3.98. The Labute approximate surface area is 217 Å². The molecular weight excluding hydrogens is 498 g/mol. The molecule has 14 heteroatoms. The van der Waals surface area contributed by atoms with Crippen LogP contribution in [0.1, 0.15) is 30.5 Å². The molecule has 0 spiro atoms. The van der Waals surface area contributed by atoms with Gasteiger partial charge in [-0.3, -0.25) is 19.2 Å². The number of nitrogens with two attached hydrogens (primary N) is 2. The van der Waals surface area contributed by atoms with Crippen LogP contribution < -0.4 is 22.1 Å². The molecule has 14 nitrogen and oxygen atoms in total. The Morgan fingerprint density at radius 1 is 1.11 bits per heavy atom. The molecule has 1 aliphatic rings. The topological polar surface area (TPSA) is 234 Å². The minimum absolute atomic E-state index is 0.0158. The van der Waals surface area contributed by atoms with Gasteiger partial charge in [0.1, 0.15) is 23.9 Å². The number of amides is 4. The molecule has 1 fully saturated rings. The molecule has 4 unspecified atom stereocenters. The largest absolute Gasteiger partial charge is 0.508 e. The molecular formula is C24H31N7O7. The number of aromatic hydroxyl groups is 1. The van der Waals surface area contributed by atoms with E-state index in [1.165, 1.54) is 41.7 Å². The number of phenols is 1. The van der Waals surface area contributed by atoms with E-state index >= 15 is 0 Å². The number of hydrogen-bond donors (Lipinski definition) is 7. The normalized spacial score (nSPS) is 17.3. The summed E-state index contributed by atoms with van der Waals surface area (Å²) >= 11 is 0. The number of hydrogen-bond acceptors (Lipinski definition) is 8. The van der Waals surface area contributed by atoms with Crippen LogP contribution in [0.5, 0.6) is 5.75 Å². The van der Waals surface area contributed by atoms with E-state index in [9.17, 15) is 34.2 Å². The minimum atomic E-state index is -1.32. The predicted octanol–water partition coefficient (Wildman–Crippen LogP) is -1.85. The van der Waals surface area contributed by atoms with E-state index in [0.717, 1.165) is 0 Å². The van der Waals surface area contributed by atoms with Crippen LogP contribution in [0.3, 0.4) is 0 Å². The first-order valence-corrected chi connectivity index (χ1v) is 12.0. The van der Waals surface area contributed by atoms with Crippen LogP contribution in [-0.4, -0.2) is 85.4 Å². The Bertz CT molecular complexity index is 1150. The number of benzene rings is 1. The number of carboxylic acid groups (broad SMARTS) is 1. The molecule has 1 aliphatic heterocycles. The molecule has 0 aliphatic carbocycles. The number of aromatic amines is 1. The summed E-state index contributed by atoms with van der Waals surface area (Å²) in [6.45, 7) is 0.245. The van der Waals surface area contributed by atoms with Crippen molar-refractivity contribution in [2.24, 2.45) is 11.5 Å². The van der Waals surface area contributed by atoms with Gasteiger partial charge in [-0.25, -0.2) is 9.78 Å². The summed E-state index contributed by atoms with van der Waals surface area (Å²) in [5, 5.41) is 24.2. The third kappa shape index (κ3) is 7.52. The predicted molar refractivity (Wildman–Crippen MR) is 132 cm³/mol. The smallest absolute Gasteiger partial charge is 0.326 e. The number of phenolic OH excluding ortho intramolecular Hbond substituents is 1. The molecule has 38 heavy (non-hydrogen) atoms. The first kappa shape index (κ1) is 28.1. The molecule has 3 rings (SSSR count). The summed E-state index contributed by atoms with van der Waals surface area (Å²) in [6, 6.07) is 1.26. The first-order valence-electron chi connectivity index (χ1n) is 12.0. The van der Waals surface area contributed by atoms with Gasteiger partial charge in [-0.2, -0.15) is 0 Å². The second kappa shape index (κ2) is 12.7. The number of H-pyrrole nitrogens is 1. The average molecular weight is 530 g/mol. The lowest BCUT2D eigenvalue weighted by atomic mass is 10.0. The second-order valence-corrected chi connectivity index (χ2v) is 9.08. The highest BCUT2D eigenvalue weighted by Gasteiger charge is 2.38. The fraction of sp³-hybridized carbons (Fsp3) is 0.417. The quantitative estimate of drug-likeness (QED) is 0.163. The van der Waals surface area contributed by atoms with Crippen LogP contribution in [-0.2, 0) is 36.8 Å². The maximum absolute atomic E-state index is 13.2. The maximum Gasteiger partial charge on any atom is 0.326 e. The first-order chi connectivity index (χ1) is 18.0. The van der Waals surface area contributed by atoms with Crippen LogP contribution in [0.25, 0.3) is 0 Å². The fourth-order valence-corrected chi connectivity index (χ4v) is 4.25. The van der Waals surface area contributed by atoms with Crippen molar-refractivity contribution in [3.05, 3.63) is 48.0 Å². The minimum Gasteiger partial charge on any atom is -0.508 e. The molecule has 1 saturated heterocycles. The summed E-state index contributed by atoms with van der Waals surface area (Å²) in [4.78, 5) is 70.2. The third-order valence-electron chi connectivity index (χ3n) is 6.18. The highest BCUT2D eigenvalue weighted by atomic mass is 16.4. The molecule has 4 amide bonds. The highest BCUT2D eigenvalue weighted by Crippen LogP contribution is 2.19.